The standard InChI is InChI=1S/2C32H45N3O5/c2*1-31(2)21-34(29(38)25(20-36)17-23-11-7-5-8-12-23)16-15-32(31,40)22-35-19-27(30(39)33(3)4)26(18-28(35)37)24-13-9-6-10-14-24/h2*6,9-10,13-14,18-19,23,25,36,40H,5,7-8,11-12,15-17,20-22H2,1-4H3/t25-,32+;25-,32-/m00/s1. The molecule has 4 N–H and O–H groups in total. The minimum atomic E-state index is -1.28. The lowest BCUT2D eigenvalue weighted by Crippen LogP contribution is -2.61. The van der Waals surface area contributed by atoms with Gasteiger partial charge in [-0.2, -0.15) is 0 Å². The van der Waals surface area contributed by atoms with Crippen LogP contribution < -0.4 is 11.1 Å². The van der Waals surface area contributed by atoms with Crippen molar-refractivity contribution in [3.8, 4) is 22.3 Å². The fourth-order valence-corrected chi connectivity index (χ4v) is 12.9. The number of hydrogen-bond acceptors (Lipinski definition) is 10. The van der Waals surface area contributed by atoms with E-state index < -0.39 is 33.9 Å². The maximum Gasteiger partial charge on any atom is 0.255 e. The Bertz CT molecular complexity index is 2690. The maximum atomic E-state index is 13.5. The van der Waals surface area contributed by atoms with Gasteiger partial charge in [-0.25, -0.2) is 0 Å². The largest absolute Gasteiger partial charge is 0.396 e. The van der Waals surface area contributed by atoms with Crippen molar-refractivity contribution in [1.82, 2.24) is 28.7 Å². The van der Waals surface area contributed by atoms with Gasteiger partial charge in [0.05, 0.1) is 60.5 Å². The highest BCUT2D eigenvalue weighted by molar-refractivity contribution is 6.01. The first-order valence-electron chi connectivity index (χ1n) is 29.2. The summed E-state index contributed by atoms with van der Waals surface area (Å²) in [6, 6.07) is 21.6. The lowest BCUT2D eigenvalue weighted by atomic mass is 9.69. The number of amides is 4. The molecule has 4 amide bonds. The van der Waals surface area contributed by atoms with Crippen molar-refractivity contribution in [2.75, 3.05) is 67.6 Å². The van der Waals surface area contributed by atoms with E-state index in [-0.39, 0.29) is 73.9 Å². The lowest BCUT2D eigenvalue weighted by molar-refractivity contribution is -0.159. The van der Waals surface area contributed by atoms with E-state index in [1.807, 2.05) is 88.4 Å². The molecule has 2 aliphatic heterocycles. The molecule has 2 aromatic carbocycles. The van der Waals surface area contributed by atoms with Crippen LogP contribution in [0.15, 0.2) is 94.8 Å². The fraction of sp³-hybridized carbons (Fsp3) is 0.594. The van der Waals surface area contributed by atoms with Gasteiger partial charge in [-0.1, -0.05) is 153 Å². The predicted octanol–water partition coefficient (Wildman–Crippen LogP) is 7.57. The Kier molecular flexibility index (Phi) is 20.3. The van der Waals surface area contributed by atoms with E-state index in [2.05, 4.69) is 0 Å². The molecule has 4 heterocycles. The van der Waals surface area contributed by atoms with Gasteiger partial charge < -0.3 is 49.2 Å². The second-order valence-electron chi connectivity index (χ2n) is 25.4. The number of carbonyl (C=O) groups is 4. The summed E-state index contributed by atoms with van der Waals surface area (Å²) < 4.78 is 2.87. The van der Waals surface area contributed by atoms with Crippen LogP contribution in [0.2, 0.25) is 0 Å². The van der Waals surface area contributed by atoms with Gasteiger partial charge in [0, 0.05) is 101 Å². The van der Waals surface area contributed by atoms with Crippen LogP contribution in [-0.4, -0.2) is 152 Å². The molecule has 2 saturated heterocycles. The highest BCUT2D eigenvalue weighted by Gasteiger charge is 2.51. The van der Waals surface area contributed by atoms with Crippen molar-refractivity contribution in [3.63, 3.8) is 0 Å². The van der Waals surface area contributed by atoms with E-state index in [9.17, 15) is 49.2 Å². The van der Waals surface area contributed by atoms with Gasteiger partial charge in [-0.3, -0.25) is 28.8 Å². The Hall–Kier alpha value is -5.94. The van der Waals surface area contributed by atoms with Crippen LogP contribution in [0.4, 0.5) is 0 Å². The topological polar surface area (TPSA) is 206 Å². The average Bonchev–Trinajstić information content (AvgIpc) is 3.47. The van der Waals surface area contributed by atoms with Gasteiger partial charge >= 0.3 is 0 Å². The highest BCUT2D eigenvalue weighted by Crippen LogP contribution is 2.43. The summed E-state index contributed by atoms with van der Waals surface area (Å²) in [4.78, 5) is 86.3. The van der Waals surface area contributed by atoms with Crippen LogP contribution in [0, 0.1) is 34.5 Å². The number of hydrogen-bond donors (Lipinski definition) is 4. The second kappa shape index (κ2) is 26.3. The van der Waals surface area contributed by atoms with Crippen LogP contribution >= 0.6 is 0 Å². The van der Waals surface area contributed by atoms with Crippen LogP contribution in [0.1, 0.15) is 138 Å². The van der Waals surface area contributed by atoms with Crippen molar-refractivity contribution >= 4 is 23.6 Å². The summed E-state index contributed by atoms with van der Waals surface area (Å²) in [7, 11) is 6.68. The van der Waals surface area contributed by atoms with E-state index in [0.717, 1.165) is 36.8 Å². The predicted molar refractivity (Wildman–Crippen MR) is 312 cm³/mol. The molecular formula is C64H90N6O10. The van der Waals surface area contributed by atoms with Crippen LogP contribution in [0.3, 0.4) is 0 Å². The van der Waals surface area contributed by atoms with Crippen LogP contribution in [0.25, 0.3) is 22.3 Å². The number of carbonyl (C=O) groups excluding carboxylic acids is 4. The first kappa shape index (κ1) is 61.7. The molecule has 16 heteroatoms. The minimum absolute atomic E-state index is 0.00907. The highest BCUT2D eigenvalue weighted by atomic mass is 16.3. The molecule has 0 bridgehead atoms. The summed E-state index contributed by atoms with van der Waals surface area (Å²) in [5, 5.41) is 44.0. The maximum absolute atomic E-state index is 13.5. The third-order valence-electron chi connectivity index (χ3n) is 18.3. The zero-order valence-electron chi connectivity index (χ0n) is 48.9. The van der Waals surface area contributed by atoms with E-state index in [0.29, 0.717) is 73.1 Å². The number of benzene rings is 2. The molecule has 4 fully saturated rings. The number of pyridine rings is 2. The Labute approximate surface area is 473 Å². The summed E-state index contributed by atoms with van der Waals surface area (Å²) in [6.45, 7) is 8.68. The molecule has 16 nitrogen and oxygen atoms in total. The van der Waals surface area contributed by atoms with Gasteiger partial charge in [0.15, 0.2) is 0 Å². The van der Waals surface area contributed by atoms with Crippen molar-refractivity contribution in [3.05, 3.63) is 117 Å². The van der Waals surface area contributed by atoms with Crippen molar-refractivity contribution in [1.29, 1.82) is 0 Å². The van der Waals surface area contributed by atoms with Gasteiger partial charge in [-0.15, -0.1) is 0 Å². The molecule has 8 rings (SSSR count). The van der Waals surface area contributed by atoms with Crippen LogP contribution in [0.5, 0.6) is 0 Å². The normalized spacial score (nSPS) is 22.1. The lowest BCUT2D eigenvalue weighted by Gasteiger charge is -2.51. The molecule has 80 heavy (non-hydrogen) atoms. The monoisotopic (exact) mass is 1100 g/mol. The molecule has 0 radical (unpaired) electrons. The van der Waals surface area contributed by atoms with E-state index >= 15 is 0 Å². The molecule has 436 valence electrons. The molecule has 4 atom stereocenters. The third kappa shape index (κ3) is 14.2. The van der Waals surface area contributed by atoms with Gasteiger partial charge in [0.2, 0.25) is 11.8 Å². The number of aliphatic hydroxyl groups is 4. The smallest absolute Gasteiger partial charge is 0.255 e. The first-order valence-corrected chi connectivity index (χ1v) is 29.2. The Morgan fingerprint density at radius 2 is 0.887 bits per heavy atom. The van der Waals surface area contributed by atoms with Crippen molar-refractivity contribution in [2.24, 2.45) is 34.5 Å². The summed E-state index contributed by atoms with van der Waals surface area (Å²) >= 11 is 0. The summed E-state index contributed by atoms with van der Waals surface area (Å²) in [6.07, 6.45) is 16.8. The molecule has 4 aliphatic rings. The zero-order chi connectivity index (χ0) is 58.2. The van der Waals surface area contributed by atoms with E-state index in [1.54, 1.807) is 50.4 Å². The summed E-state index contributed by atoms with van der Waals surface area (Å²) in [5.41, 5.74) is -1.18. The fourth-order valence-electron chi connectivity index (χ4n) is 12.9. The van der Waals surface area contributed by atoms with Gasteiger partial charge in [0.25, 0.3) is 22.9 Å². The minimum Gasteiger partial charge on any atom is -0.396 e. The number of rotatable bonds is 16. The van der Waals surface area contributed by atoms with Gasteiger partial charge in [0.1, 0.15) is 0 Å². The Balaban J connectivity index is 0.000000231. The van der Waals surface area contributed by atoms with Gasteiger partial charge in [-0.05, 0) is 48.6 Å². The van der Waals surface area contributed by atoms with Crippen LogP contribution in [-0.2, 0) is 22.7 Å². The third-order valence-corrected chi connectivity index (χ3v) is 18.3. The number of likely N-dealkylation sites (tertiary alicyclic amines) is 2. The quantitative estimate of drug-likeness (QED) is 0.0866. The molecule has 0 spiro atoms. The van der Waals surface area contributed by atoms with Crippen molar-refractivity contribution in [2.45, 2.75) is 142 Å². The van der Waals surface area contributed by atoms with Crippen molar-refractivity contribution < 1.29 is 39.6 Å². The number of aliphatic hydroxyl groups excluding tert-OH is 2. The number of nitrogens with zero attached hydrogens (tertiary/aromatic N) is 6. The molecule has 2 aliphatic carbocycles. The summed E-state index contributed by atoms with van der Waals surface area (Å²) in [5.74, 6) is -0.433. The molecule has 2 aromatic heterocycles. The first-order chi connectivity index (χ1) is 37.9. The van der Waals surface area contributed by atoms with E-state index in [1.165, 1.54) is 69.6 Å². The SMILES string of the molecule is CN(C)C(=O)c1cn(C[C@@]2(O)CCN(C(=O)[C@H](CO)CC3CCCCC3)CC2(C)C)c(=O)cc1-c1ccccc1.CN(C)C(=O)c1cn(C[C@]2(O)CCN(C(=O)[C@H](CO)CC3CCCCC3)CC2(C)C)c(=O)cc1-c1ccccc1. The Morgan fingerprint density at radius 1 is 0.550 bits per heavy atom. The van der Waals surface area contributed by atoms with E-state index in [4.69, 9.17) is 0 Å². The molecular weight excluding hydrogens is 1010 g/mol. The molecule has 0 unspecified atom stereocenters. The number of aromatic nitrogens is 2. The zero-order valence-corrected chi connectivity index (χ0v) is 48.9. The molecule has 2 saturated carbocycles. The second-order valence-corrected chi connectivity index (χ2v) is 25.4. The average molecular weight is 1100 g/mol. The number of piperidine rings is 2. The Morgan fingerprint density at radius 3 is 1.19 bits per heavy atom. The molecule has 4 aromatic rings.